The summed E-state index contributed by atoms with van der Waals surface area (Å²) in [5, 5.41) is 9.65. The first kappa shape index (κ1) is 19.5. The van der Waals surface area contributed by atoms with Gasteiger partial charge in [0.15, 0.2) is 0 Å². The van der Waals surface area contributed by atoms with E-state index in [1.165, 1.54) is 27.7 Å². The fourth-order valence-corrected chi connectivity index (χ4v) is 4.90. The number of benzene rings is 3. The van der Waals surface area contributed by atoms with Crippen molar-refractivity contribution in [3.8, 4) is 6.07 Å². The van der Waals surface area contributed by atoms with Crippen molar-refractivity contribution in [2.24, 2.45) is 0 Å². The lowest BCUT2D eigenvalue weighted by molar-refractivity contribution is 0.167. The molecule has 0 amide bonds. The minimum Gasteiger partial charge on any atom is -0.424 e. The van der Waals surface area contributed by atoms with Crippen molar-refractivity contribution in [2.75, 3.05) is 0 Å². The average molecular weight is 379 g/mol. The highest BCUT2D eigenvalue weighted by Gasteiger charge is 2.37. The van der Waals surface area contributed by atoms with Crippen molar-refractivity contribution in [1.29, 1.82) is 5.26 Å². The molecule has 0 spiro atoms. The van der Waals surface area contributed by atoms with Gasteiger partial charge in [-0.05, 0) is 62.1 Å². The topological polar surface area (TPSA) is 33.0 Å². The van der Waals surface area contributed by atoms with Crippen LogP contribution in [0.1, 0.15) is 51.8 Å². The van der Waals surface area contributed by atoms with Crippen molar-refractivity contribution in [3.05, 3.63) is 100 Å². The Bertz CT molecular complexity index is 1030. The number of hydrogen-bond donors (Lipinski definition) is 0. The van der Waals surface area contributed by atoms with Gasteiger partial charge in [-0.25, -0.2) is 0 Å². The molecule has 0 aliphatic carbocycles. The summed E-state index contributed by atoms with van der Waals surface area (Å²) in [4.78, 5) is 0. The second-order valence-corrected chi connectivity index (χ2v) is 8.20. The second kappa shape index (κ2) is 8.27. The van der Waals surface area contributed by atoms with Crippen LogP contribution in [0.5, 0.6) is 0 Å². The van der Waals surface area contributed by atoms with E-state index >= 15 is 0 Å². The first-order chi connectivity index (χ1) is 14.1. The van der Waals surface area contributed by atoms with Gasteiger partial charge >= 0.3 is 6.92 Å². The summed E-state index contributed by atoms with van der Waals surface area (Å²) in [6, 6.07) is 25.4. The minimum absolute atomic E-state index is 0.0197. The lowest BCUT2D eigenvalue weighted by Crippen LogP contribution is -2.43. The third-order valence-corrected chi connectivity index (χ3v) is 6.08. The van der Waals surface area contributed by atoms with Crippen LogP contribution in [0.15, 0.2) is 66.7 Å². The van der Waals surface area contributed by atoms with Gasteiger partial charge in [0, 0.05) is 0 Å². The number of nitriles is 1. The van der Waals surface area contributed by atoms with Crippen LogP contribution < -0.4 is 5.46 Å². The number of rotatable bonds is 3. The van der Waals surface area contributed by atoms with Crippen molar-refractivity contribution in [1.82, 2.24) is 0 Å². The lowest BCUT2D eigenvalue weighted by Gasteiger charge is -2.36. The van der Waals surface area contributed by atoms with E-state index in [1.54, 1.807) is 0 Å². The third kappa shape index (κ3) is 4.00. The molecular weight excluding hydrogens is 353 g/mol. The van der Waals surface area contributed by atoms with Gasteiger partial charge < -0.3 is 4.65 Å². The molecule has 0 bridgehead atoms. The molecule has 1 saturated heterocycles. The van der Waals surface area contributed by atoms with Gasteiger partial charge in [0.1, 0.15) is 0 Å². The molecule has 0 radical (unpaired) electrons. The number of aryl methyl sites for hydroxylation is 3. The van der Waals surface area contributed by atoms with Gasteiger partial charge in [-0.15, -0.1) is 0 Å². The zero-order valence-electron chi connectivity index (χ0n) is 17.4. The SMILES string of the molecule is Cc1cc(C)c(B2CC(c3ccccc3C#N)CC(c3ccccc3)O2)c(C)c1. The van der Waals surface area contributed by atoms with Gasteiger partial charge in [0.25, 0.3) is 0 Å². The molecule has 2 atom stereocenters. The first-order valence-corrected chi connectivity index (χ1v) is 10.3. The van der Waals surface area contributed by atoms with E-state index in [0.29, 0.717) is 0 Å². The van der Waals surface area contributed by atoms with Crippen LogP contribution in [0.3, 0.4) is 0 Å². The quantitative estimate of drug-likeness (QED) is 0.553. The molecule has 3 heteroatoms. The van der Waals surface area contributed by atoms with E-state index in [9.17, 15) is 5.26 Å². The molecule has 1 aliphatic heterocycles. The highest BCUT2D eigenvalue weighted by Crippen LogP contribution is 2.41. The fourth-order valence-electron chi connectivity index (χ4n) is 4.90. The molecular formula is C26H26BNO. The predicted molar refractivity (Wildman–Crippen MR) is 120 cm³/mol. The molecule has 2 unspecified atom stereocenters. The van der Waals surface area contributed by atoms with E-state index < -0.39 is 0 Å². The summed E-state index contributed by atoms with van der Waals surface area (Å²) >= 11 is 0. The van der Waals surface area contributed by atoms with Crippen molar-refractivity contribution >= 4 is 12.4 Å². The van der Waals surface area contributed by atoms with Gasteiger partial charge in [-0.1, -0.05) is 77.4 Å². The van der Waals surface area contributed by atoms with Crippen molar-refractivity contribution < 1.29 is 4.65 Å². The van der Waals surface area contributed by atoms with Crippen molar-refractivity contribution in [3.63, 3.8) is 0 Å². The highest BCUT2D eigenvalue weighted by molar-refractivity contribution is 6.68. The number of nitrogens with zero attached hydrogens (tertiary/aromatic N) is 1. The Hall–Kier alpha value is -2.83. The zero-order valence-corrected chi connectivity index (χ0v) is 17.4. The average Bonchev–Trinajstić information content (AvgIpc) is 2.73. The number of hydrogen-bond acceptors (Lipinski definition) is 2. The molecule has 0 aromatic heterocycles. The van der Waals surface area contributed by atoms with E-state index in [2.05, 4.69) is 69.3 Å². The summed E-state index contributed by atoms with van der Waals surface area (Å²) in [6.07, 6.45) is 1.81. The van der Waals surface area contributed by atoms with Gasteiger partial charge in [0.05, 0.1) is 17.7 Å². The van der Waals surface area contributed by atoms with Crippen LogP contribution in [-0.2, 0) is 4.65 Å². The Morgan fingerprint density at radius 1 is 0.931 bits per heavy atom. The van der Waals surface area contributed by atoms with Crippen LogP contribution >= 0.6 is 0 Å². The molecule has 1 heterocycles. The molecule has 144 valence electrons. The van der Waals surface area contributed by atoms with Crippen LogP contribution in [0, 0.1) is 32.1 Å². The summed E-state index contributed by atoms with van der Waals surface area (Å²) < 4.78 is 6.70. The van der Waals surface area contributed by atoms with Crippen LogP contribution in [-0.4, -0.2) is 6.92 Å². The molecule has 3 aromatic rings. The molecule has 0 saturated carbocycles. The Labute approximate surface area is 174 Å². The van der Waals surface area contributed by atoms with Gasteiger partial charge in [-0.2, -0.15) is 5.26 Å². The fraction of sp³-hybridized carbons (Fsp3) is 0.269. The maximum absolute atomic E-state index is 9.65. The summed E-state index contributed by atoms with van der Waals surface area (Å²) in [5.41, 5.74) is 8.29. The van der Waals surface area contributed by atoms with Crippen molar-refractivity contribution in [2.45, 2.75) is 45.5 Å². The summed E-state index contributed by atoms with van der Waals surface area (Å²) in [7, 11) is 0. The summed E-state index contributed by atoms with van der Waals surface area (Å²) in [6.45, 7) is 6.53. The third-order valence-electron chi connectivity index (χ3n) is 6.08. The molecule has 4 rings (SSSR count). The van der Waals surface area contributed by atoms with Crippen LogP contribution in [0.4, 0.5) is 0 Å². The molecule has 29 heavy (non-hydrogen) atoms. The van der Waals surface area contributed by atoms with Crippen LogP contribution in [0.2, 0.25) is 6.32 Å². The normalized spacial score (nSPS) is 19.0. The van der Waals surface area contributed by atoms with Gasteiger partial charge in [-0.3, -0.25) is 0 Å². The maximum atomic E-state index is 9.65. The first-order valence-electron chi connectivity index (χ1n) is 10.3. The Morgan fingerprint density at radius 2 is 1.59 bits per heavy atom. The maximum Gasteiger partial charge on any atom is 0.328 e. The lowest BCUT2D eigenvalue weighted by atomic mass is 9.50. The molecule has 1 aliphatic rings. The monoisotopic (exact) mass is 379 g/mol. The predicted octanol–water partition coefficient (Wildman–Crippen LogP) is 5.63. The molecule has 3 aromatic carbocycles. The Kier molecular flexibility index (Phi) is 5.56. The minimum atomic E-state index is 0.0197. The largest absolute Gasteiger partial charge is 0.424 e. The van der Waals surface area contributed by atoms with E-state index in [0.717, 1.165) is 23.9 Å². The molecule has 0 N–H and O–H groups in total. The Balaban J connectivity index is 1.77. The smallest absolute Gasteiger partial charge is 0.328 e. The molecule has 1 fully saturated rings. The van der Waals surface area contributed by atoms with E-state index in [4.69, 9.17) is 4.65 Å². The van der Waals surface area contributed by atoms with Gasteiger partial charge in [0.2, 0.25) is 0 Å². The standard InChI is InChI=1S/C26H26BNO/c1-18-13-19(2)26(20(3)14-18)27-16-23(24-12-8-7-11-22(24)17-28)15-25(29-27)21-9-5-4-6-10-21/h4-14,23,25H,15-16H2,1-3H3. The molecule has 2 nitrogen and oxygen atoms in total. The van der Waals surface area contributed by atoms with Crippen LogP contribution in [0.25, 0.3) is 0 Å². The second-order valence-electron chi connectivity index (χ2n) is 8.20. The highest BCUT2D eigenvalue weighted by atomic mass is 16.4. The Morgan fingerprint density at radius 3 is 2.28 bits per heavy atom. The summed E-state index contributed by atoms with van der Waals surface area (Å²) in [5.74, 6) is 0.287. The van der Waals surface area contributed by atoms with E-state index in [1.807, 2.05) is 24.3 Å². The van der Waals surface area contributed by atoms with E-state index in [-0.39, 0.29) is 18.9 Å². The zero-order chi connectivity index (χ0) is 20.4.